The Kier molecular flexibility index (Phi) is 4.61. The predicted octanol–water partition coefficient (Wildman–Crippen LogP) is 3.25. The Morgan fingerprint density at radius 1 is 1.20 bits per heavy atom. The van der Waals surface area contributed by atoms with Crippen molar-refractivity contribution in [2.75, 3.05) is 18.4 Å². The molecule has 1 aromatic rings. The zero-order chi connectivity index (χ0) is 11.3. The molecule has 3 heteroatoms. The average molecular weight is 271 g/mol. The summed E-state index contributed by atoms with van der Waals surface area (Å²) in [6, 6.07) is 8.21. The largest absolute Gasteiger partial charge is 0.384 e. The van der Waals surface area contributed by atoms with Crippen molar-refractivity contribution in [1.29, 1.82) is 0 Å². The van der Waals surface area contributed by atoms with Gasteiger partial charge in [-0.25, -0.2) is 0 Å². The zero-order valence-electron chi connectivity index (χ0n) is 9.60. The van der Waals surface area contributed by atoms with Gasteiger partial charge in [-0.3, -0.25) is 0 Å². The molecule has 0 aliphatic rings. The quantitative estimate of drug-likeness (QED) is 0.821. The fourth-order valence-electron chi connectivity index (χ4n) is 1.24. The number of anilines is 1. The highest BCUT2D eigenvalue weighted by atomic mass is 79.9. The highest BCUT2D eigenvalue weighted by Crippen LogP contribution is 2.15. The first-order valence-corrected chi connectivity index (χ1v) is 6.01. The summed E-state index contributed by atoms with van der Waals surface area (Å²) >= 11 is 3.45. The molecule has 0 saturated carbocycles. The van der Waals surface area contributed by atoms with E-state index in [1.54, 1.807) is 0 Å². The van der Waals surface area contributed by atoms with Gasteiger partial charge in [-0.15, -0.1) is 0 Å². The van der Waals surface area contributed by atoms with Gasteiger partial charge in [-0.05, 0) is 39.0 Å². The summed E-state index contributed by atoms with van der Waals surface area (Å²) in [5, 5.41) is 6.80. The number of nitrogens with one attached hydrogen (secondary N) is 2. The maximum atomic E-state index is 3.45. The zero-order valence-corrected chi connectivity index (χ0v) is 11.2. The molecule has 0 bridgehead atoms. The van der Waals surface area contributed by atoms with Gasteiger partial charge in [0.25, 0.3) is 0 Å². The molecule has 2 nitrogen and oxygen atoms in total. The van der Waals surface area contributed by atoms with Crippen LogP contribution < -0.4 is 10.6 Å². The van der Waals surface area contributed by atoms with Gasteiger partial charge in [-0.2, -0.15) is 0 Å². The first kappa shape index (κ1) is 12.5. The molecule has 84 valence electrons. The second-order valence-corrected chi connectivity index (χ2v) is 5.53. The van der Waals surface area contributed by atoms with E-state index in [4.69, 9.17) is 0 Å². The van der Waals surface area contributed by atoms with Crippen LogP contribution in [0.3, 0.4) is 0 Å². The van der Waals surface area contributed by atoms with Crippen LogP contribution in [0.15, 0.2) is 28.7 Å². The summed E-state index contributed by atoms with van der Waals surface area (Å²) in [6.45, 7) is 8.42. The number of halogens is 1. The molecule has 0 atom stereocenters. The highest BCUT2D eigenvalue weighted by Gasteiger charge is 2.06. The minimum Gasteiger partial charge on any atom is -0.384 e. The highest BCUT2D eigenvalue weighted by molar-refractivity contribution is 9.10. The van der Waals surface area contributed by atoms with Gasteiger partial charge in [0.15, 0.2) is 0 Å². The van der Waals surface area contributed by atoms with Crippen molar-refractivity contribution in [1.82, 2.24) is 5.32 Å². The van der Waals surface area contributed by atoms with Gasteiger partial charge in [0, 0.05) is 28.8 Å². The van der Waals surface area contributed by atoms with Crippen molar-refractivity contribution >= 4 is 21.6 Å². The summed E-state index contributed by atoms with van der Waals surface area (Å²) in [7, 11) is 0. The van der Waals surface area contributed by atoms with Crippen molar-refractivity contribution < 1.29 is 0 Å². The Bertz CT molecular complexity index is 305. The van der Waals surface area contributed by atoms with E-state index in [0.717, 1.165) is 23.2 Å². The number of hydrogen-bond acceptors (Lipinski definition) is 2. The third-order valence-corrected chi connectivity index (χ3v) is 2.43. The number of benzene rings is 1. The van der Waals surface area contributed by atoms with Gasteiger partial charge >= 0.3 is 0 Å². The van der Waals surface area contributed by atoms with Crippen LogP contribution in [0.25, 0.3) is 0 Å². The molecule has 0 heterocycles. The van der Waals surface area contributed by atoms with Crippen LogP contribution >= 0.6 is 15.9 Å². The van der Waals surface area contributed by atoms with Crippen molar-refractivity contribution in [2.24, 2.45) is 0 Å². The number of rotatable bonds is 4. The standard InChI is InChI=1S/C12H19BrN2/c1-12(2,3)15-8-7-14-11-6-4-5-10(13)9-11/h4-6,9,14-15H,7-8H2,1-3H3. The second kappa shape index (κ2) is 5.52. The summed E-state index contributed by atoms with van der Waals surface area (Å²) in [6.07, 6.45) is 0. The lowest BCUT2D eigenvalue weighted by Gasteiger charge is -2.20. The summed E-state index contributed by atoms with van der Waals surface area (Å²) in [5.41, 5.74) is 1.35. The molecule has 2 N–H and O–H groups in total. The van der Waals surface area contributed by atoms with Crippen LogP contribution in [0.1, 0.15) is 20.8 Å². The smallest absolute Gasteiger partial charge is 0.0351 e. The van der Waals surface area contributed by atoms with Gasteiger partial charge < -0.3 is 10.6 Å². The molecule has 0 radical (unpaired) electrons. The van der Waals surface area contributed by atoms with Crippen molar-refractivity contribution in [2.45, 2.75) is 26.3 Å². The maximum Gasteiger partial charge on any atom is 0.0351 e. The first-order chi connectivity index (χ1) is 6.97. The van der Waals surface area contributed by atoms with Gasteiger partial charge in [0.1, 0.15) is 0 Å². The van der Waals surface area contributed by atoms with E-state index in [1.165, 1.54) is 0 Å². The lowest BCUT2D eigenvalue weighted by Crippen LogP contribution is -2.38. The van der Waals surface area contributed by atoms with E-state index in [9.17, 15) is 0 Å². The second-order valence-electron chi connectivity index (χ2n) is 4.61. The molecule has 0 spiro atoms. The Morgan fingerprint density at radius 3 is 2.53 bits per heavy atom. The van der Waals surface area contributed by atoms with Crippen molar-refractivity contribution in [3.8, 4) is 0 Å². The topological polar surface area (TPSA) is 24.1 Å². The normalized spacial score (nSPS) is 11.5. The van der Waals surface area contributed by atoms with Crippen LogP contribution in [0, 0.1) is 0 Å². The first-order valence-electron chi connectivity index (χ1n) is 5.22. The van der Waals surface area contributed by atoms with E-state index >= 15 is 0 Å². The minimum absolute atomic E-state index is 0.193. The lowest BCUT2D eigenvalue weighted by atomic mass is 10.1. The Hall–Kier alpha value is -0.540. The number of hydrogen-bond donors (Lipinski definition) is 2. The van der Waals surface area contributed by atoms with E-state index in [1.807, 2.05) is 12.1 Å². The van der Waals surface area contributed by atoms with Crippen molar-refractivity contribution in [3.63, 3.8) is 0 Å². The van der Waals surface area contributed by atoms with Gasteiger partial charge in [-0.1, -0.05) is 22.0 Å². The molecule has 0 amide bonds. The predicted molar refractivity (Wildman–Crippen MR) is 70.4 cm³/mol. The van der Waals surface area contributed by atoms with E-state index in [0.29, 0.717) is 0 Å². The summed E-state index contributed by atoms with van der Waals surface area (Å²) in [5.74, 6) is 0. The lowest BCUT2D eigenvalue weighted by molar-refractivity contribution is 0.435. The van der Waals surface area contributed by atoms with Crippen molar-refractivity contribution in [3.05, 3.63) is 28.7 Å². The Morgan fingerprint density at radius 2 is 1.93 bits per heavy atom. The fourth-order valence-corrected chi connectivity index (χ4v) is 1.64. The SMILES string of the molecule is CC(C)(C)NCCNc1cccc(Br)c1. The van der Waals surface area contributed by atoms with Crippen LogP contribution in [0.5, 0.6) is 0 Å². The Balaban J connectivity index is 2.26. The van der Waals surface area contributed by atoms with E-state index in [-0.39, 0.29) is 5.54 Å². The molecule has 1 rings (SSSR count). The van der Waals surface area contributed by atoms with Crippen LogP contribution in [-0.2, 0) is 0 Å². The van der Waals surface area contributed by atoms with Crippen LogP contribution in [-0.4, -0.2) is 18.6 Å². The molecule has 0 fully saturated rings. The van der Waals surface area contributed by atoms with Gasteiger partial charge in [0.2, 0.25) is 0 Å². The third-order valence-electron chi connectivity index (χ3n) is 1.93. The van der Waals surface area contributed by atoms with E-state index in [2.05, 4.69) is 59.5 Å². The molecule has 0 saturated heterocycles. The third kappa shape index (κ3) is 5.80. The average Bonchev–Trinajstić information content (AvgIpc) is 2.11. The van der Waals surface area contributed by atoms with Crippen LogP contribution in [0.2, 0.25) is 0 Å². The van der Waals surface area contributed by atoms with Crippen LogP contribution in [0.4, 0.5) is 5.69 Å². The molecule has 0 unspecified atom stereocenters. The summed E-state index contributed by atoms with van der Waals surface area (Å²) in [4.78, 5) is 0. The summed E-state index contributed by atoms with van der Waals surface area (Å²) < 4.78 is 1.11. The molecule has 15 heavy (non-hydrogen) atoms. The molecule has 0 aliphatic heterocycles. The molecular weight excluding hydrogens is 252 g/mol. The fraction of sp³-hybridized carbons (Fsp3) is 0.500. The van der Waals surface area contributed by atoms with E-state index < -0.39 is 0 Å². The minimum atomic E-state index is 0.193. The molecule has 1 aromatic carbocycles. The molecule has 0 aliphatic carbocycles. The molecule has 0 aromatic heterocycles. The molecular formula is C12H19BrN2. The maximum absolute atomic E-state index is 3.45. The Labute approximate surface area is 101 Å². The monoisotopic (exact) mass is 270 g/mol. The van der Waals surface area contributed by atoms with Gasteiger partial charge in [0.05, 0.1) is 0 Å².